The Kier molecular flexibility index (Phi) is 6.92. The van der Waals surface area contributed by atoms with E-state index in [4.69, 9.17) is 4.74 Å². The summed E-state index contributed by atoms with van der Waals surface area (Å²) in [5.41, 5.74) is 0. The first-order chi connectivity index (χ1) is 10.6. The summed E-state index contributed by atoms with van der Waals surface area (Å²) in [4.78, 5) is 19.2. The molecule has 0 bridgehead atoms. The first-order valence-corrected chi connectivity index (χ1v) is 8.52. The molecule has 22 heavy (non-hydrogen) atoms. The van der Waals surface area contributed by atoms with E-state index in [0.717, 1.165) is 52.2 Å². The third kappa shape index (κ3) is 4.83. The number of urea groups is 1. The molecule has 0 aromatic heterocycles. The molecule has 2 aliphatic rings. The minimum atomic E-state index is 0.124. The molecule has 0 aromatic carbocycles. The molecule has 0 radical (unpaired) electrons. The molecule has 2 heterocycles. The number of carbonyl (C=O) groups excluding carboxylic acids is 1. The fourth-order valence-electron chi connectivity index (χ4n) is 3.65. The van der Waals surface area contributed by atoms with Crippen LogP contribution in [0.15, 0.2) is 0 Å². The van der Waals surface area contributed by atoms with Crippen molar-refractivity contribution in [2.45, 2.75) is 25.3 Å². The van der Waals surface area contributed by atoms with Gasteiger partial charge in [-0.25, -0.2) is 4.79 Å². The maximum absolute atomic E-state index is 12.5. The minimum absolute atomic E-state index is 0.124. The summed E-state index contributed by atoms with van der Waals surface area (Å²) < 4.78 is 5.06. The molecule has 6 nitrogen and oxygen atoms in total. The number of ether oxygens (including phenoxy) is 1. The van der Waals surface area contributed by atoms with Gasteiger partial charge >= 0.3 is 6.03 Å². The summed E-state index contributed by atoms with van der Waals surface area (Å²) in [6, 6.07) is 0.565. The third-order valence-corrected chi connectivity index (χ3v) is 4.98. The van der Waals surface area contributed by atoms with E-state index in [0.29, 0.717) is 18.5 Å². The van der Waals surface area contributed by atoms with Crippen LogP contribution < -0.4 is 5.32 Å². The molecule has 2 aliphatic heterocycles. The van der Waals surface area contributed by atoms with Crippen LogP contribution >= 0.6 is 0 Å². The van der Waals surface area contributed by atoms with E-state index in [2.05, 4.69) is 34.1 Å². The predicted octanol–water partition coefficient (Wildman–Crippen LogP) is 0.690. The van der Waals surface area contributed by atoms with Gasteiger partial charge in [0.05, 0.1) is 6.61 Å². The van der Waals surface area contributed by atoms with Crippen molar-refractivity contribution in [2.24, 2.45) is 5.92 Å². The number of likely N-dealkylation sites (tertiary alicyclic amines) is 2. The zero-order valence-electron chi connectivity index (χ0n) is 14.4. The number of hydrogen-bond donors (Lipinski definition) is 1. The summed E-state index contributed by atoms with van der Waals surface area (Å²) in [5, 5.41) is 3.09. The van der Waals surface area contributed by atoms with Crippen molar-refractivity contribution in [1.82, 2.24) is 20.0 Å². The molecule has 0 spiro atoms. The van der Waals surface area contributed by atoms with Crippen LogP contribution in [0.5, 0.6) is 0 Å². The lowest BCUT2D eigenvalue weighted by Crippen LogP contribution is -2.57. The molecule has 0 saturated carbocycles. The van der Waals surface area contributed by atoms with Crippen molar-refractivity contribution < 1.29 is 9.53 Å². The Hall–Kier alpha value is -0.850. The normalized spacial score (nSPS) is 26.1. The van der Waals surface area contributed by atoms with Gasteiger partial charge in [-0.15, -0.1) is 0 Å². The number of methoxy groups -OCH3 is 1. The quantitative estimate of drug-likeness (QED) is 0.784. The van der Waals surface area contributed by atoms with Crippen molar-refractivity contribution in [3.8, 4) is 0 Å². The topological polar surface area (TPSA) is 48.1 Å². The van der Waals surface area contributed by atoms with E-state index >= 15 is 0 Å². The molecular formula is C16H32N4O2. The lowest BCUT2D eigenvalue weighted by atomic mass is 9.84. The van der Waals surface area contributed by atoms with Gasteiger partial charge in [0.15, 0.2) is 0 Å². The Bertz CT molecular complexity index is 353. The van der Waals surface area contributed by atoms with Crippen molar-refractivity contribution >= 4 is 6.03 Å². The number of amides is 2. The van der Waals surface area contributed by atoms with E-state index in [1.807, 2.05) is 0 Å². The zero-order valence-corrected chi connectivity index (χ0v) is 14.4. The number of likely N-dealkylation sites (N-methyl/N-ethyl adjacent to an activating group) is 1. The van der Waals surface area contributed by atoms with Gasteiger partial charge in [0.2, 0.25) is 0 Å². The van der Waals surface area contributed by atoms with Crippen molar-refractivity contribution in [3.63, 3.8) is 0 Å². The van der Waals surface area contributed by atoms with E-state index in [1.165, 1.54) is 6.42 Å². The molecule has 2 unspecified atom stereocenters. The SMILES string of the molecule is COCCN(C)CCNC(=O)N1CCCC2CN(C)CCC21. The predicted molar refractivity (Wildman–Crippen MR) is 88.1 cm³/mol. The van der Waals surface area contributed by atoms with Gasteiger partial charge in [0.25, 0.3) is 0 Å². The minimum Gasteiger partial charge on any atom is -0.383 e. The third-order valence-electron chi connectivity index (χ3n) is 4.98. The van der Waals surface area contributed by atoms with Gasteiger partial charge in [-0.1, -0.05) is 0 Å². The van der Waals surface area contributed by atoms with Crippen LogP contribution in [0.2, 0.25) is 0 Å². The molecule has 2 fully saturated rings. The average Bonchev–Trinajstić information content (AvgIpc) is 2.51. The Balaban J connectivity index is 1.74. The van der Waals surface area contributed by atoms with Crippen molar-refractivity contribution in [2.75, 3.05) is 67.1 Å². The van der Waals surface area contributed by atoms with E-state index in [1.54, 1.807) is 7.11 Å². The van der Waals surface area contributed by atoms with Gasteiger partial charge in [-0.3, -0.25) is 0 Å². The maximum Gasteiger partial charge on any atom is 0.317 e. The van der Waals surface area contributed by atoms with Crippen LogP contribution in [0.25, 0.3) is 0 Å². The van der Waals surface area contributed by atoms with Crippen LogP contribution in [-0.4, -0.2) is 93.9 Å². The second-order valence-electron chi connectivity index (χ2n) is 6.74. The Morgan fingerprint density at radius 1 is 1.32 bits per heavy atom. The smallest absolute Gasteiger partial charge is 0.317 e. The first kappa shape index (κ1) is 17.5. The molecule has 1 N–H and O–H groups in total. The van der Waals surface area contributed by atoms with E-state index in [9.17, 15) is 4.79 Å². The standard InChI is InChI=1S/C16H32N4O2/c1-18(11-12-22-3)10-7-17-16(21)20-8-4-5-14-13-19(2)9-6-15(14)20/h14-15H,4-13H2,1-3H3,(H,17,21). The van der Waals surface area contributed by atoms with Gasteiger partial charge in [-0.05, 0) is 45.8 Å². The Morgan fingerprint density at radius 3 is 2.91 bits per heavy atom. The second kappa shape index (κ2) is 8.70. The first-order valence-electron chi connectivity index (χ1n) is 8.52. The highest BCUT2D eigenvalue weighted by molar-refractivity contribution is 5.74. The molecule has 0 aliphatic carbocycles. The summed E-state index contributed by atoms with van der Waals surface area (Å²) in [6.07, 6.45) is 3.51. The summed E-state index contributed by atoms with van der Waals surface area (Å²) in [6.45, 7) is 6.34. The number of piperidine rings is 2. The average molecular weight is 312 g/mol. The maximum atomic E-state index is 12.5. The van der Waals surface area contributed by atoms with Crippen LogP contribution in [0.1, 0.15) is 19.3 Å². The summed E-state index contributed by atoms with van der Waals surface area (Å²) >= 11 is 0. The fourth-order valence-corrected chi connectivity index (χ4v) is 3.65. The van der Waals surface area contributed by atoms with Crippen LogP contribution in [0.3, 0.4) is 0 Å². The lowest BCUT2D eigenvalue weighted by Gasteiger charge is -2.46. The molecule has 2 saturated heterocycles. The van der Waals surface area contributed by atoms with Gasteiger partial charge in [-0.2, -0.15) is 0 Å². The monoisotopic (exact) mass is 312 g/mol. The number of carbonyl (C=O) groups is 1. The molecule has 2 rings (SSSR count). The van der Waals surface area contributed by atoms with Crippen LogP contribution in [-0.2, 0) is 4.74 Å². The fraction of sp³-hybridized carbons (Fsp3) is 0.938. The Morgan fingerprint density at radius 2 is 2.14 bits per heavy atom. The van der Waals surface area contributed by atoms with E-state index in [-0.39, 0.29) is 6.03 Å². The molecule has 2 atom stereocenters. The highest BCUT2D eigenvalue weighted by Crippen LogP contribution is 2.29. The molecule has 128 valence electrons. The van der Waals surface area contributed by atoms with Gasteiger partial charge in [0.1, 0.15) is 0 Å². The Labute approximate surface area is 134 Å². The molecular weight excluding hydrogens is 280 g/mol. The van der Waals surface area contributed by atoms with Gasteiger partial charge in [0, 0.05) is 45.9 Å². The number of rotatable bonds is 6. The second-order valence-corrected chi connectivity index (χ2v) is 6.74. The highest BCUT2D eigenvalue weighted by Gasteiger charge is 2.37. The number of nitrogens with zero attached hydrogens (tertiary/aromatic N) is 3. The lowest BCUT2D eigenvalue weighted by molar-refractivity contribution is 0.0532. The number of hydrogen-bond acceptors (Lipinski definition) is 4. The van der Waals surface area contributed by atoms with E-state index < -0.39 is 0 Å². The summed E-state index contributed by atoms with van der Waals surface area (Å²) in [7, 11) is 5.95. The zero-order chi connectivity index (χ0) is 15.9. The summed E-state index contributed by atoms with van der Waals surface area (Å²) in [5.74, 6) is 0.655. The highest BCUT2D eigenvalue weighted by atomic mass is 16.5. The number of nitrogens with one attached hydrogen (secondary N) is 1. The van der Waals surface area contributed by atoms with Crippen molar-refractivity contribution in [3.05, 3.63) is 0 Å². The van der Waals surface area contributed by atoms with Gasteiger partial charge < -0.3 is 24.8 Å². The molecule has 0 aromatic rings. The van der Waals surface area contributed by atoms with Crippen LogP contribution in [0, 0.1) is 5.92 Å². The van der Waals surface area contributed by atoms with Crippen molar-refractivity contribution in [1.29, 1.82) is 0 Å². The number of fused-ring (bicyclic) bond motifs is 1. The van der Waals surface area contributed by atoms with Crippen LogP contribution in [0.4, 0.5) is 4.79 Å². The largest absolute Gasteiger partial charge is 0.383 e. The molecule has 6 heteroatoms. The molecule has 2 amide bonds.